The number of nitrogens with one attached hydrogen (secondary N) is 2. The van der Waals surface area contributed by atoms with E-state index in [-0.39, 0.29) is 17.6 Å². The predicted octanol–water partition coefficient (Wildman–Crippen LogP) is 1.73. The Kier molecular flexibility index (Phi) is 2.75. The van der Waals surface area contributed by atoms with Gasteiger partial charge in [-0.3, -0.25) is 9.59 Å². The third-order valence-corrected chi connectivity index (χ3v) is 3.64. The number of hydrogen-bond acceptors (Lipinski definition) is 5. The van der Waals surface area contributed by atoms with E-state index in [4.69, 9.17) is 9.47 Å². The highest BCUT2D eigenvalue weighted by Gasteiger charge is 2.16. The fourth-order valence-corrected chi connectivity index (χ4v) is 2.52. The van der Waals surface area contributed by atoms with Gasteiger partial charge in [0.05, 0.1) is 0 Å². The van der Waals surface area contributed by atoms with E-state index in [0.717, 1.165) is 11.3 Å². The van der Waals surface area contributed by atoms with E-state index >= 15 is 0 Å². The SMILES string of the molecule is Cc1[nH]c(=O)sc1C(=O)Nc1ccc2c(c1)OCO2. The van der Waals surface area contributed by atoms with Crippen molar-refractivity contribution in [1.29, 1.82) is 0 Å². The summed E-state index contributed by atoms with van der Waals surface area (Å²) in [5.41, 5.74) is 1.16. The molecule has 0 spiro atoms. The molecule has 2 aromatic rings. The zero-order chi connectivity index (χ0) is 13.4. The fraction of sp³-hybridized carbons (Fsp3) is 0.167. The third-order valence-electron chi connectivity index (χ3n) is 2.66. The van der Waals surface area contributed by atoms with E-state index in [1.807, 2.05) is 0 Å². The molecule has 1 aliphatic heterocycles. The maximum absolute atomic E-state index is 12.0. The molecule has 6 nitrogen and oxygen atoms in total. The molecule has 1 aromatic carbocycles. The van der Waals surface area contributed by atoms with E-state index in [1.54, 1.807) is 25.1 Å². The third kappa shape index (κ3) is 2.19. The molecule has 7 heteroatoms. The minimum absolute atomic E-state index is 0.186. The standard InChI is InChI=1S/C12H10N2O4S/c1-6-10(19-12(16)13-6)11(15)14-7-2-3-8-9(4-7)18-5-17-8/h2-4H,5H2,1H3,(H,13,16)(H,14,15). The lowest BCUT2D eigenvalue weighted by Gasteiger charge is -2.05. The van der Waals surface area contributed by atoms with E-state index < -0.39 is 0 Å². The van der Waals surface area contributed by atoms with Crippen LogP contribution in [0.3, 0.4) is 0 Å². The Hall–Kier alpha value is -2.28. The van der Waals surface area contributed by atoms with Gasteiger partial charge in [0.25, 0.3) is 5.91 Å². The van der Waals surface area contributed by atoms with Gasteiger partial charge in [-0.05, 0) is 19.1 Å². The average molecular weight is 278 g/mol. The number of aryl methyl sites for hydroxylation is 1. The van der Waals surface area contributed by atoms with Gasteiger partial charge < -0.3 is 19.8 Å². The number of benzene rings is 1. The van der Waals surface area contributed by atoms with Gasteiger partial charge in [-0.1, -0.05) is 11.3 Å². The van der Waals surface area contributed by atoms with Crippen LogP contribution in [0.15, 0.2) is 23.0 Å². The summed E-state index contributed by atoms with van der Waals surface area (Å²) in [4.78, 5) is 25.9. The topological polar surface area (TPSA) is 80.4 Å². The minimum atomic E-state index is -0.320. The van der Waals surface area contributed by atoms with Crippen molar-refractivity contribution in [2.24, 2.45) is 0 Å². The summed E-state index contributed by atoms with van der Waals surface area (Å²) in [5.74, 6) is 0.928. The predicted molar refractivity (Wildman–Crippen MR) is 70.2 cm³/mol. The molecule has 0 aliphatic carbocycles. The molecule has 1 amide bonds. The quantitative estimate of drug-likeness (QED) is 0.876. The molecule has 98 valence electrons. The maximum atomic E-state index is 12.0. The Labute approximate surface area is 112 Å². The van der Waals surface area contributed by atoms with E-state index in [0.29, 0.717) is 27.8 Å². The molecule has 0 unspecified atom stereocenters. The van der Waals surface area contributed by atoms with Crippen molar-refractivity contribution in [3.8, 4) is 11.5 Å². The summed E-state index contributed by atoms with van der Waals surface area (Å²) < 4.78 is 10.4. The summed E-state index contributed by atoms with van der Waals surface area (Å²) in [5, 5.41) is 2.72. The lowest BCUT2D eigenvalue weighted by Crippen LogP contribution is -2.11. The van der Waals surface area contributed by atoms with Crippen LogP contribution < -0.4 is 19.7 Å². The van der Waals surface area contributed by atoms with Gasteiger partial charge in [-0.2, -0.15) is 0 Å². The molecule has 0 radical (unpaired) electrons. The van der Waals surface area contributed by atoms with Crippen LogP contribution in [0.4, 0.5) is 5.69 Å². The first-order valence-electron chi connectivity index (χ1n) is 5.54. The number of fused-ring (bicyclic) bond motifs is 1. The number of ether oxygens (including phenoxy) is 2. The molecule has 2 N–H and O–H groups in total. The number of aromatic amines is 1. The maximum Gasteiger partial charge on any atom is 0.305 e. The molecule has 1 aliphatic rings. The summed E-state index contributed by atoms with van der Waals surface area (Å²) in [6, 6.07) is 5.13. The van der Waals surface area contributed by atoms with Gasteiger partial charge in [-0.15, -0.1) is 0 Å². The van der Waals surface area contributed by atoms with Crippen molar-refractivity contribution in [3.63, 3.8) is 0 Å². The largest absolute Gasteiger partial charge is 0.454 e. The molecular formula is C12H10N2O4S. The Morgan fingerprint density at radius 2 is 2.16 bits per heavy atom. The number of aromatic nitrogens is 1. The Morgan fingerprint density at radius 3 is 2.89 bits per heavy atom. The first-order chi connectivity index (χ1) is 9.13. The molecule has 0 saturated carbocycles. The summed E-state index contributed by atoms with van der Waals surface area (Å²) >= 11 is 0.888. The highest BCUT2D eigenvalue weighted by Crippen LogP contribution is 2.34. The van der Waals surface area contributed by atoms with E-state index in [1.165, 1.54) is 0 Å². The summed E-state index contributed by atoms with van der Waals surface area (Å²) in [6.45, 7) is 1.87. The van der Waals surface area contributed by atoms with Gasteiger partial charge in [-0.25, -0.2) is 0 Å². The van der Waals surface area contributed by atoms with Crippen LogP contribution in [-0.2, 0) is 0 Å². The molecule has 3 rings (SSSR count). The van der Waals surface area contributed by atoms with Crippen LogP contribution >= 0.6 is 11.3 Å². The molecule has 1 aromatic heterocycles. The molecule has 0 fully saturated rings. The van der Waals surface area contributed by atoms with E-state index in [2.05, 4.69) is 10.3 Å². The van der Waals surface area contributed by atoms with Crippen LogP contribution in [0, 0.1) is 6.92 Å². The monoisotopic (exact) mass is 278 g/mol. The molecule has 2 heterocycles. The average Bonchev–Trinajstić information content (AvgIpc) is 2.94. The van der Waals surface area contributed by atoms with Gasteiger partial charge in [0.15, 0.2) is 11.5 Å². The smallest absolute Gasteiger partial charge is 0.305 e. The number of thiazole rings is 1. The Morgan fingerprint density at radius 1 is 1.37 bits per heavy atom. The van der Waals surface area contributed by atoms with Crippen molar-refractivity contribution in [3.05, 3.63) is 38.4 Å². The number of carbonyl (C=O) groups excluding carboxylic acids is 1. The van der Waals surface area contributed by atoms with Crippen LogP contribution in [0.25, 0.3) is 0 Å². The van der Waals surface area contributed by atoms with Crippen LogP contribution in [-0.4, -0.2) is 17.7 Å². The summed E-state index contributed by atoms with van der Waals surface area (Å²) in [6.07, 6.45) is 0. The second kappa shape index (κ2) is 4.43. The Bertz CT molecular complexity index is 704. The normalized spacial score (nSPS) is 12.5. The minimum Gasteiger partial charge on any atom is -0.454 e. The summed E-state index contributed by atoms with van der Waals surface area (Å²) in [7, 11) is 0. The lowest BCUT2D eigenvalue weighted by atomic mass is 10.2. The first kappa shape index (κ1) is 11.8. The van der Waals surface area contributed by atoms with Crippen LogP contribution in [0.5, 0.6) is 11.5 Å². The molecule has 0 atom stereocenters. The highest BCUT2D eigenvalue weighted by molar-refractivity contribution is 7.11. The van der Waals surface area contributed by atoms with Crippen LogP contribution in [0.1, 0.15) is 15.4 Å². The zero-order valence-corrected chi connectivity index (χ0v) is 10.8. The number of amides is 1. The zero-order valence-electron chi connectivity index (χ0n) is 9.98. The second-order valence-corrected chi connectivity index (χ2v) is 4.97. The molecular weight excluding hydrogens is 268 g/mol. The van der Waals surface area contributed by atoms with Crippen molar-refractivity contribution < 1.29 is 14.3 Å². The Balaban J connectivity index is 1.83. The number of H-pyrrole nitrogens is 1. The van der Waals surface area contributed by atoms with Gasteiger partial charge in [0, 0.05) is 17.4 Å². The van der Waals surface area contributed by atoms with Crippen molar-refractivity contribution >= 4 is 22.9 Å². The number of rotatable bonds is 2. The van der Waals surface area contributed by atoms with Crippen molar-refractivity contribution in [1.82, 2.24) is 4.98 Å². The molecule has 19 heavy (non-hydrogen) atoms. The fourth-order valence-electron chi connectivity index (χ4n) is 1.78. The van der Waals surface area contributed by atoms with Crippen molar-refractivity contribution in [2.45, 2.75) is 6.92 Å². The van der Waals surface area contributed by atoms with Gasteiger partial charge >= 0.3 is 4.87 Å². The van der Waals surface area contributed by atoms with Crippen LogP contribution in [0.2, 0.25) is 0 Å². The van der Waals surface area contributed by atoms with Crippen molar-refractivity contribution in [2.75, 3.05) is 12.1 Å². The van der Waals surface area contributed by atoms with Gasteiger partial charge in [0.2, 0.25) is 6.79 Å². The number of carbonyl (C=O) groups is 1. The molecule has 0 saturated heterocycles. The number of anilines is 1. The lowest BCUT2D eigenvalue weighted by molar-refractivity contribution is 0.103. The molecule has 0 bridgehead atoms. The first-order valence-corrected chi connectivity index (χ1v) is 6.36. The van der Waals surface area contributed by atoms with Gasteiger partial charge in [0.1, 0.15) is 4.88 Å². The highest BCUT2D eigenvalue weighted by atomic mass is 32.1. The number of hydrogen-bond donors (Lipinski definition) is 2. The second-order valence-electron chi connectivity index (χ2n) is 3.99. The van der Waals surface area contributed by atoms with E-state index in [9.17, 15) is 9.59 Å².